The van der Waals surface area contributed by atoms with Crippen molar-refractivity contribution in [1.29, 1.82) is 5.41 Å². The molecule has 1 heterocycles. The van der Waals surface area contributed by atoms with Gasteiger partial charge in [0.2, 0.25) is 0 Å². The van der Waals surface area contributed by atoms with Gasteiger partial charge in [0.15, 0.2) is 5.96 Å². The predicted octanol–water partition coefficient (Wildman–Crippen LogP) is 9.13. The fourth-order valence-electron chi connectivity index (χ4n) is 5.00. The van der Waals surface area contributed by atoms with E-state index >= 15 is 0 Å². The van der Waals surface area contributed by atoms with E-state index in [1.165, 1.54) is 18.2 Å². The fourth-order valence-corrected chi connectivity index (χ4v) is 5.00. The first-order valence-corrected chi connectivity index (χ1v) is 14.5. The van der Waals surface area contributed by atoms with Gasteiger partial charge in [-0.15, -0.1) is 0 Å². The van der Waals surface area contributed by atoms with Crippen molar-refractivity contribution in [3.05, 3.63) is 76.4 Å². The van der Waals surface area contributed by atoms with Crippen LogP contribution in [-0.4, -0.2) is 29.2 Å². The molecule has 2 aromatic rings. The van der Waals surface area contributed by atoms with Crippen molar-refractivity contribution < 1.29 is 26.3 Å². The highest BCUT2D eigenvalue weighted by Gasteiger charge is 2.35. The molecule has 232 valence electrons. The molecule has 0 saturated carbocycles. The number of likely N-dealkylation sites (tertiary alicyclic amines) is 1. The lowest BCUT2D eigenvalue weighted by molar-refractivity contribution is -0.138. The van der Waals surface area contributed by atoms with E-state index in [1.54, 1.807) is 17.0 Å². The van der Waals surface area contributed by atoms with Gasteiger partial charge in [-0.05, 0) is 73.8 Å². The summed E-state index contributed by atoms with van der Waals surface area (Å²) in [4.78, 5) is 6.71. The molecule has 1 aliphatic rings. The number of guanidine groups is 1. The van der Waals surface area contributed by atoms with Gasteiger partial charge in [-0.3, -0.25) is 10.4 Å². The van der Waals surface area contributed by atoms with Crippen molar-refractivity contribution in [2.45, 2.75) is 91.5 Å². The van der Waals surface area contributed by atoms with Crippen molar-refractivity contribution >= 4 is 17.4 Å². The number of halogens is 6. The zero-order valence-electron chi connectivity index (χ0n) is 25.0. The highest BCUT2D eigenvalue weighted by molar-refractivity contribution is 5.98. The molecule has 2 aromatic carbocycles. The molecule has 10 heteroatoms. The number of aliphatic imine (C=N–C) groups is 1. The maximum Gasteiger partial charge on any atom is 0.416 e. The maximum atomic E-state index is 14.2. The van der Waals surface area contributed by atoms with Gasteiger partial charge in [-0.1, -0.05) is 65.0 Å². The SMILES string of the molecule is CC.CC/C=C(\N=C(C(C)CC)C1CCCN1C(=N)N)c1ccc(CCc2ccc(C(F)(F)F)cc2)c(C(F)(F)F)c1. The van der Waals surface area contributed by atoms with Crippen LogP contribution < -0.4 is 5.73 Å². The molecule has 1 fully saturated rings. The largest absolute Gasteiger partial charge is 0.416 e. The Labute approximate surface area is 245 Å². The number of allylic oxidation sites excluding steroid dienone is 1. The maximum absolute atomic E-state index is 14.2. The van der Waals surface area contributed by atoms with E-state index in [-0.39, 0.29) is 36.3 Å². The average Bonchev–Trinajstić information content (AvgIpc) is 3.44. The van der Waals surface area contributed by atoms with Crippen LogP contribution in [0, 0.1) is 11.3 Å². The minimum Gasteiger partial charge on any atom is -0.370 e. The van der Waals surface area contributed by atoms with Crippen molar-refractivity contribution in [2.75, 3.05) is 6.54 Å². The van der Waals surface area contributed by atoms with E-state index in [2.05, 4.69) is 0 Å². The molecule has 0 aromatic heterocycles. The van der Waals surface area contributed by atoms with Crippen LogP contribution in [0.3, 0.4) is 0 Å². The summed E-state index contributed by atoms with van der Waals surface area (Å²) in [6, 6.07) is 8.45. The fraction of sp³-hybridized carbons (Fsp3) is 0.500. The van der Waals surface area contributed by atoms with Crippen molar-refractivity contribution in [2.24, 2.45) is 16.6 Å². The van der Waals surface area contributed by atoms with E-state index in [9.17, 15) is 26.3 Å². The van der Waals surface area contributed by atoms with Crippen LogP contribution in [0.4, 0.5) is 26.3 Å². The van der Waals surface area contributed by atoms with Gasteiger partial charge < -0.3 is 10.6 Å². The van der Waals surface area contributed by atoms with Gasteiger partial charge in [0.1, 0.15) is 0 Å². The van der Waals surface area contributed by atoms with Crippen molar-refractivity contribution in [3.8, 4) is 0 Å². The molecule has 3 rings (SSSR count). The monoisotopic (exact) mass is 596 g/mol. The van der Waals surface area contributed by atoms with Gasteiger partial charge in [0.25, 0.3) is 0 Å². The molecule has 0 radical (unpaired) electrons. The summed E-state index contributed by atoms with van der Waals surface area (Å²) in [7, 11) is 0. The normalized spacial score (nSPS) is 17.1. The molecule has 1 saturated heterocycles. The number of hydrogen-bond acceptors (Lipinski definition) is 2. The van der Waals surface area contributed by atoms with E-state index in [0.717, 1.165) is 43.2 Å². The smallest absolute Gasteiger partial charge is 0.370 e. The third-order valence-electron chi connectivity index (χ3n) is 7.34. The van der Waals surface area contributed by atoms with Crippen LogP contribution in [0.2, 0.25) is 0 Å². The molecule has 0 aliphatic carbocycles. The molecule has 4 nitrogen and oxygen atoms in total. The number of nitrogens with zero attached hydrogens (tertiary/aromatic N) is 2. The number of rotatable bonds is 9. The summed E-state index contributed by atoms with van der Waals surface area (Å²) in [6.45, 7) is 10.6. The lowest BCUT2D eigenvalue weighted by atomic mass is 9.93. The summed E-state index contributed by atoms with van der Waals surface area (Å²) in [5, 5.41) is 7.96. The lowest BCUT2D eigenvalue weighted by Gasteiger charge is -2.29. The topological polar surface area (TPSA) is 65.5 Å². The number of aryl methyl sites for hydroxylation is 2. The first-order chi connectivity index (χ1) is 19.8. The first-order valence-electron chi connectivity index (χ1n) is 14.5. The molecule has 0 bridgehead atoms. The van der Waals surface area contributed by atoms with Crippen LogP contribution in [0.25, 0.3) is 5.70 Å². The van der Waals surface area contributed by atoms with Gasteiger partial charge in [0, 0.05) is 17.8 Å². The Kier molecular flexibility index (Phi) is 12.7. The van der Waals surface area contributed by atoms with Crippen molar-refractivity contribution in [3.63, 3.8) is 0 Å². The van der Waals surface area contributed by atoms with Gasteiger partial charge in [-0.2, -0.15) is 26.3 Å². The van der Waals surface area contributed by atoms with Crippen molar-refractivity contribution in [1.82, 2.24) is 4.90 Å². The van der Waals surface area contributed by atoms with E-state index in [4.69, 9.17) is 16.1 Å². The molecule has 1 aliphatic heterocycles. The zero-order chi connectivity index (χ0) is 31.7. The average molecular weight is 597 g/mol. The van der Waals surface area contributed by atoms with Crippen LogP contribution in [0.5, 0.6) is 0 Å². The second kappa shape index (κ2) is 15.3. The van der Waals surface area contributed by atoms with E-state index in [1.807, 2.05) is 34.6 Å². The number of hydrogen-bond donors (Lipinski definition) is 2. The molecule has 3 N–H and O–H groups in total. The Hall–Kier alpha value is -3.30. The second-order valence-electron chi connectivity index (χ2n) is 10.1. The van der Waals surface area contributed by atoms with Crippen LogP contribution in [0.1, 0.15) is 88.1 Å². The number of benzene rings is 2. The third-order valence-corrected chi connectivity index (χ3v) is 7.34. The summed E-state index contributed by atoms with van der Waals surface area (Å²) in [5.74, 6) is -0.00780. The molecular weight excluding hydrogens is 554 g/mol. The molecule has 0 amide bonds. The first kappa shape index (κ1) is 34.9. The zero-order valence-corrected chi connectivity index (χ0v) is 25.0. The Morgan fingerprint density at radius 2 is 1.67 bits per heavy atom. The summed E-state index contributed by atoms with van der Waals surface area (Å²) >= 11 is 0. The lowest BCUT2D eigenvalue weighted by Crippen LogP contribution is -2.45. The predicted molar refractivity (Wildman–Crippen MR) is 158 cm³/mol. The highest BCUT2D eigenvalue weighted by atomic mass is 19.4. The molecule has 2 unspecified atom stereocenters. The van der Waals surface area contributed by atoms with E-state index in [0.29, 0.717) is 29.8 Å². The Morgan fingerprint density at radius 1 is 1.02 bits per heavy atom. The minimum absolute atomic E-state index is 0.0182. The Morgan fingerprint density at radius 3 is 2.19 bits per heavy atom. The molecule has 42 heavy (non-hydrogen) atoms. The Balaban J connectivity index is 0.00000301. The van der Waals surface area contributed by atoms with Gasteiger partial charge in [0.05, 0.1) is 22.9 Å². The summed E-state index contributed by atoms with van der Waals surface area (Å²) in [5.41, 5.74) is 6.39. The minimum atomic E-state index is -4.62. The molecule has 0 spiro atoms. The van der Waals surface area contributed by atoms with Crippen LogP contribution in [-0.2, 0) is 25.2 Å². The summed E-state index contributed by atoms with van der Waals surface area (Å²) < 4.78 is 81.1. The van der Waals surface area contributed by atoms with Gasteiger partial charge >= 0.3 is 12.4 Å². The highest BCUT2D eigenvalue weighted by Crippen LogP contribution is 2.36. The third kappa shape index (κ3) is 9.10. The quantitative estimate of drug-likeness (QED) is 0.172. The standard InChI is InChI=1S/C30H36F6N4.C2H6/c1-4-7-25(39-27(19(3)5-2)26-8-6-17-40(26)28(37)38)22-14-13-21(24(18-22)30(34,35)36)12-9-20-10-15-23(16-11-20)29(31,32)33;1-2/h7,10-11,13-16,18-19,26H,4-6,8-9,12,17H2,1-3H3,(H3,37,38);1-2H3/b25-7-,39-27?;. The van der Waals surface area contributed by atoms with Crippen LogP contribution in [0.15, 0.2) is 53.5 Å². The van der Waals surface area contributed by atoms with Gasteiger partial charge in [-0.25, -0.2) is 0 Å². The van der Waals surface area contributed by atoms with E-state index < -0.39 is 23.5 Å². The molecule has 2 atom stereocenters. The van der Waals surface area contributed by atoms with Crippen LogP contribution >= 0.6 is 0 Å². The summed E-state index contributed by atoms with van der Waals surface area (Å²) in [6.07, 6.45) is -4.17. The Bertz CT molecular complexity index is 1230. The second-order valence-corrected chi connectivity index (χ2v) is 10.1. The number of nitrogens with one attached hydrogen (secondary N) is 1. The molecular formula is C32H42F6N4. The number of nitrogens with two attached hydrogens (primary N) is 1. The number of alkyl halides is 6.